The van der Waals surface area contributed by atoms with Crippen molar-refractivity contribution in [2.45, 2.75) is 72.6 Å². The first kappa shape index (κ1) is 42.0. The molecule has 0 amide bonds. The number of allylic oxidation sites excluding steroid dienone is 8. The van der Waals surface area contributed by atoms with E-state index in [2.05, 4.69) is 154 Å². The van der Waals surface area contributed by atoms with Crippen LogP contribution in [0.4, 0.5) is 0 Å². The van der Waals surface area contributed by atoms with Crippen molar-refractivity contribution in [2.75, 3.05) is 0 Å². The van der Waals surface area contributed by atoms with Crippen molar-refractivity contribution >= 4 is 72.2 Å². The molecule has 0 N–H and O–H groups in total. The molecular weight excluding hydrogens is 858 g/mol. The van der Waals surface area contributed by atoms with Crippen LogP contribution < -0.4 is 0 Å². The SMILES string of the molecule is CC1=CC(C)(C)c2cc3c(cc21)-c1cc2c(cc1C3)C(C)(C)[C]([Zr](=[CH]c1ccc(Cl)cc1)(=[CH]c1ccc(Cl)cc1)[C]1=C(C)C(c3ccccc3)=CC1C)=C2C.Cl.Cl. The van der Waals surface area contributed by atoms with Gasteiger partial charge in [0.05, 0.1) is 0 Å². The maximum absolute atomic E-state index is 6.53. The van der Waals surface area contributed by atoms with Crippen molar-refractivity contribution in [2.24, 2.45) is 5.92 Å². The van der Waals surface area contributed by atoms with Gasteiger partial charge in [0.1, 0.15) is 0 Å². The first-order valence-corrected chi connectivity index (χ1v) is 25.7. The molecule has 4 aliphatic rings. The Morgan fingerprint density at radius 1 is 0.632 bits per heavy atom. The Kier molecular flexibility index (Phi) is 11.2. The van der Waals surface area contributed by atoms with E-state index >= 15 is 0 Å². The van der Waals surface area contributed by atoms with Crippen LogP contribution in [-0.2, 0) is 36.5 Å². The zero-order valence-corrected chi connectivity index (χ0v) is 39.6. The fourth-order valence-corrected chi connectivity index (χ4v) is 25.7. The van der Waals surface area contributed by atoms with Gasteiger partial charge < -0.3 is 0 Å². The molecule has 1 atom stereocenters. The van der Waals surface area contributed by atoms with Gasteiger partial charge in [0.25, 0.3) is 0 Å². The van der Waals surface area contributed by atoms with Gasteiger partial charge in [0, 0.05) is 0 Å². The summed E-state index contributed by atoms with van der Waals surface area (Å²) in [4.78, 5) is 0. The van der Waals surface area contributed by atoms with Gasteiger partial charge in [-0.2, -0.15) is 0 Å². The van der Waals surface area contributed by atoms with Gasteiger partial charge in [-0.3, -0.25) is 0 Å². The van der Waals surface area contributed by atoms with E-state index in [0.29, 0.717) is 0 Å². The summed E-state index contributed by atoms with van der Waals surface area (Å²) in [6.07, 6.45) is 5.96. The molecule has 290 valence electrons. The number of halogens is 4. The second kappa shape index (κ2) is 15.1. The van der Waals surface area contributed by atoms with E-state index in [1.807, 2.05) is 24.3 Å². The Morgan fingerprint density at radius 3 is 1.72 bits per heavy atom. The monoisotopic (exact) mass is 904 g/mol. The van der Waals surface area contributed by atoms with E-state index in [9.17, 15) is 0 Å². The van der Waals surface area contributed by atoms with Crippen LogP contribution in [0.15, 0.2) is 127 Å². The number of fused-ring (bicyclic) bond motifs is 5. The summed E-state index contributed by atoms with van der Waals surface area (Å²) in [7, 11) is 0. The van der Waals surface area contributed by atoms with Crippen molar-refractivity contribution in [3.05, 3.63) is 188 Å². The fourth-order valence-electron chi connectivity index (χ4n) is 10.9. The smallest absolute Gasteiger partial charge is 0.147 e. The molecule has 0 saturated carbocycles. The molecule has 0 aromatic heterocycles. The molecule has 0 saturated heterocycles. The van der Waals surface area contributed by atoms with Crippen LogP contribution in [0, 0.1) is 5.92 Å². The van der Waals surface area contributed by atoms with E-state index < -0.39 is 19.3 Å². The van der Waals surface area contributed by atoms with E-state index in [0.717, 1.165) is 16.5 Å². The first-order valence-electron chi connectivity index (χ1n) is 19.7. The van der Waals surface area contributed by atoms with Crippen molar-refractivity contribution in [3.63, 3.8) is 0 Å². The molecular formula is C52H50Cl4Zr. The van der Waals surface area contributed by atoms with Crippen molar-refractivity contribution in [3.8, 4) is 11.1 Å². The molecule has 57 heavy (non-hydrogen) atoms. The zero-order valence-electron chi connectivity index (χ0n) is 34.0. The van der Waals surface area contributed by atoms with Gasteiger partial charge >= 0.3 is 344 Å². The summed E-state index contributed by atoms with van der Waals surface area (Å²) in [5.41, 5.74) is 20.7. The van der Waals surface area contributed by atoms with Gasteiger partial charge in [-0.15, -0.1) is 24.8 Å². The van der Waals surface area contributed by atoms with Crippen LogP contribution in [0.25, 0.3) is 27.8 Å². The molecule has 9 rings (SSSR count). The third kappa shape index (κ3) is 6.79. The van der Waals surface area contributed by atoms with Crippen LogP contribution in [0.5, 0.6) is 0 Å². The Hall–Kier alpha value is -3.16. The Balaban J connectivity index is 0.00000248. The third-order valence-electron chi connectivity index (χ3n) is 13.1. The van der Waals surface area contributed by atoms with Gasteiger partial charge in [0.2, 0.25) is 0 Å². The zero-order chi connectivity index (χ0) is 38.6. The van der Waals surface area contributed by atoms with Gasteiger partial charge in [-0.05, 0) is 0 Å². The Bertz CT molecular complexity index is 2670. The minimum Gasteiger partial charge on any atom is -0.147 e. The molecule has 5 aromatic carbocycles. The molecule has 5 heteroatoms. The Morgan fingerprint density at radius 2 is 1.16 bits per heavy atom. The molecule has 4 aliphatic carbocycles. The Labute approximate surface area is 365 Å². The second-order valence-electron chi connectivity index (χ2n) is 17.5. The maximum atomic E-state index is 6.53. The topological polar surface area (TPSA) is 0 Å². The summed E-state index contributed by atoms with van der Waals surface area (Å²) in [5.74, 6) is 0.275. The average Bonchev–Trinajstić information content (AvgIpc) is 3.80. The van der Waals surface area contributed by atoms with Crippen LogP contribution in [0.2, 0.25) is 10.0 Å². The second-order valence-corrected chi connectivity index (χ2v) is 26.6. The number of hydrogen-bond donors (Lipinski definition) is 0. The van der Waals surface area contributed by atoms with Crippen molar-refractivity contribution < 1.29 is 19.3 Å². The summed E-state index contributed by atoms with van der Waals surface area (Å²) in [6.45, 7) is 19.3. The number of rotatable bonds is 5. The molecule has 0 fully saturated rings. The van der Waals surface area contributed by atoms with Crippen molar-refractivity contribution in [1.82, 2.24) is 0 Å². The minimum atomic E-state index is -4.11. The predicted octanol–water partition coefficient (Wildman–Crippen LogP) is 15.0. The predicted molar refractivity (Wildman–Crippen MR) is 251 cm³/mol. The van der Waals surface area contributed by atoms with E-state index in [1.165, 1.54) is 83.5 Å². The third-order valence-corrected chi connectivity index (χ3v) is 26.2. The van der Waals surface area contributed by atoms with Gasteiger partial charge in [-0.1, -0.05) is 0 Å². The summed E-state index contributed by atoms with van der Waals surface area (Å²) >= 11 is 8.96. The molecule has 1 unspecified atom stereocenters. The molecule has 5 aromatic rings. The molecule has 0 bridgehead atoms. The first-order chi connectivity index (χ1) is 26.2. The molecule has 0 heterocycles. The summed E-state index contributed by atoms with van der Waals surface area (Å²) in [6, 6.07) is 38.2. The van der Waals surface area contributed by atoms with E-state index in [4.69, 9.17) is 23.2 Å². The molecule has 0 nitrogen and oxygen atoms in total. The van der Waals surface area contributed by atoms with Gasteiger partial charge in [-0.25, -0.2) is 0 Å². The van der Waals surface area contributed by atoms with Crippen LogP contribution >= 0.6 is 48.0 Å². The van der Waals surface area contributed by atoms with Crippen LogP contribution in [0.1, 0.15) is 105 Å². The quantitative estimate of drug-likeness (QED) is 0.162. The standard InChI is InChI=1S/C25H25.C13H13.2C7H5Cl.2ClH.Zr/c1-14-12-24(3,4)22-8-16-7-17-9-23-19(15(2)13-25(23,5)6)11-21(17)20(16)10-18(14)22;1-10-8-11(2)13(9-10)12-6-4-3-5-7-12;2*1-6-2-4-7(8)5-3-6;;;/h8-12H,7H2,1-6H3;3-7,9-10H,1-2H3;2*1-5H;2*1H;. The van der Waals surface area contributed by atoms with Crippen LogP contribution in [0.3, 0.4) is 0 Å². The van der Waals surface area contributed by atoms with E-state index in [1.54, 1.807) is 6.56 Å². The molecule has 0 spiro atoms. The fraction of sp³-hybridized carbons (Fsp3) is 0.231. The summed E-state index contributed by atoms with van der Waals surface area (Å²) < 4.78 is 8.70. The van der Waals surface area contributed by atoms with Gasteiger partial charge in [0.15, 0.2) is 0 Å². The van der Waals surface area contributed by atoms with Crippen molar-refractivity contribution in [1.29, 1.82) is 0 Å². The average molecular weight is 908 g/mol. The largest absolute Gasteiger partial charge is 0.147 e. The number of hydrogen-bond acceptors (Lipinski definition) is 0. The normalized spacial score (nSPS) is 17.9. The maximum Gasteiger partial charge on any atom is -0.147 e. The summed E-state index contributed by atoms with van der Waals surface area (Å²) in [5, 5.41) is 1.52. The minimum absolute atomic E-state index is 0. The number of benzene rings is 5. The van der Waals surface area contributed by atoms with E-state index in [-0.39, 0.29) is 41.6 Å². The molecule has 0 radical (unpaired) electrons. The molecule has 0 aliphatic heterocycles. The van der Waals surface area contributed by atoms with Crippen LogP contribution in [-0.4, -0.2) is 7.42 Å².